The minimum atomic E-state index is -0.430. The Labute approximate surface area is 312 Å². The highest BCUT2D eigenvalue weighted by atomic mass is 15.2. The van der Waals surface area contributed by atoms with Gasteiger partial charge in [0.15, 0.2) is 0 Å². The Morgan fingerprint density at radius 3 is 1.89 bits per heavy atom. The van der Waals surface area contributed by atoms with E-state index in [1.807, 2.05) is 13.0 Å². The van der Waals surface area contributed by atoms with Crippen molar-refractivity contribution in [2.75, 3.05) is 4.90 Å². The third-order valence-corrected chi connectivity index (χ3v) is 11.0. The Morgan fingerprint density at radius 1 is 0.642 bits per heavy atom. The molecule has 2 aliphatic rings. The van der Waals surface area contributed by atoms with Gasteiger partial charge in [0.2, 0.25) is 0 Å². The van der Waals surface area contributed by atoms with Gasteiger partial charge in [0, 0.05) is 27.9 Å². The van der Waals surface area contributed by atoms with Crippen molar-refractivity contribution in [1.29, 1.82) is 0 Å². The molecule has 0 fully saturated rings. The third kappa shape index (κ3) is 4.65. The molecule has 2 nitrogen and oxygen atoms in total. The highest BCUT2D eigenvalue weighted by Gasteiger charge is 2.52. The van der Waals surface area contributed by atoms with Gasteiger partial charge in [-0.1, -0.05) is 147 Å². The predicted molar refractivity (Wildman–Crippen MR) is 225 cm³/mol. The van der Waals surface area contributed by atoms with Gasteiger partial charge in [-0.2, -0.15) is 0 Å². The van der Waals surface area contributed by atoms with E-state index < -0.39 is 5.41 Å². The van der Waals surface area contributed by atoms with E-state index in [1.165, 1.54) is 49.9 Å². The molecule has 0 radical (unpaired) electrons. The maximum atomic E-state index is 4.87. The largest absolute Gasteiger partial charge is 0.310 e. The monoisotopic (exact) mass is 680 g/mol. The second-order valence-electron chi connectivity index (χ2n) is 13.7. The number of anilines is 1. The van der Waals surface area contributed by atoms with E-state index in [-0.39, 0.29) is 0 Å². The van der Waals surface area contributed by atoms with Crippen molar-refractivity contribution < 1.29 is 0 Å². The van der Waals surface area contributed by atoms with Crippen LogP contribution in [0, 0.1) is 0 Å². The molecule has 254 valence electrons. The average molecular weight is 681 g/mol. The fourth-order valence-corrected chi connectivity index (χ4v) is 9.04. The molecule has 0 bridgehead atoms. The summed E-state index contributed by atoms with van der Waals surface area (Å²) < 4.78 is 2.36. The molecule has 1 heterocycles. The number of rotatable bonds is 7. The van der Waals surface area contributed by atoms with Crippen molar-refractivity contribution in [3.8, 4) is 16.8 Å². The molecule has 0 unspecified atom stereocenters. The fourth-order valence-electron chi connectivity index (χ4n) is 9.04. The van der Waals surface area contributed by atoms with Gasteiger partial charge in [-0.05, 0) is 107 Å². The Bertz CT molecular complexity index is 2680. The van der Waals surface area contributed by atoms with Crippen molar-refractivity contribution in [1.82, 2.24) is 4.57 Å². The van der Waals surface area contributed by atoms with Crippen LogP contribution in [-0.2, 0) is 5.41 Å². The predicted octanol–water partition coefficient (Wildman–Crippen LogP) is 13.1. The van der Waals surface area contributed by atoms with Gasteiger partial charge < -0.3 is 9.47 Å². The van der Waals surface area contributed by atoms with Crippen LogP contribution in [0.25, 0.3) is 44.2 Å². The molecule has 53 heavy (non-hydrogen) atoms. The summed E-state index contributed by atoms with van der Waals surface area (Å²) in [4.78, 5) is 2.28. The minimum Gasteiger partial charge on any atom is -0.310 e. The number of hydrogen-bond donors (Lipinski definition) is 0. The first-order valence-electron chi connectivity index (χ1n) is 18.3. The van der Waals surface area contributed by atoms with Crippen LogP contribution >= 0.6 is 0 Å². The molecule has 9 rings (SSSR count). The first-order valence-corrected chi connectivity index (χ1v) is 18.3. The molecule has 7 aromatic rings. The fraction of sp³-hybridized carbons (Fsp3) is 0.0588. The van der Waals surface area contributed by atoms with Crippen LogP contribution < -0.4 is 4.90 Å². The van der Waals surface area contributed by atoms with Crippen molar-refractivity contribution in [3.05, 3.63) is 234 Å². The lowest BCUT2D eigenvalue weighted by atomic mass is 9.70. The van der Waals surface area contributed by atoms with E-state index in [0.717, 1.165) is 39.2 Å². The van der Waals surface area contributed by atoms with Crippen LogP contribution in [0.3, 0.4) is 0 Å². The summed E-state index contributed by atoms with van der Waals surface area (Å²) in [6.07, 6.45) is 12.8. The highest BCUT2D eigenvalue weighted by molar-refractivity contribution is 6.16. The lowest BCUT2D eigenvalue weighted by Crippen LogP contribution is -2.26. The van der Waals surface area contributed by atoms with Crippen molar-refractivity contribution in [2.24, 2.45) is 0 Å². The normalized spacial score (nSPS) is 15.8. The number of allylic oxidation sites excluding steroid dienone is 8. The Kier molecular flexibility index (Phi) is 7.82. The van der Waals surface area contributed by atoms with Crippen LogP contribution in [0.4, 0.5) is 5.69 Å². The van der Waals surface area contributed by atoms with E-state index in [2.05, 4.69) is 199 Å². The summed E-state index contributed by atoms with van der Waals surface area (Å²) in [7, 11) is 0. The van der Waals surface area contributed by atoms with Gasteiger partial charge >= 0.3 is 0 Å². The summed E-state index contributed by atoms with van der Waals surface area (Å²) in [6, 6.07) is 52.7. The summed E-state index contributed by atoms with van der Waals surface area (Å²) in [5.41, 5.74) is 16.0. The number of aromatic nitrogens is 1. The number of nitrogens with zero attached hydrogens (tertiary/aromatic N) is 2. The summed E-state index contributed by atoms with van der Waals surface area (Å²) in [5.74, 6) is 0. The number of benzene rings is 6. The van der Waals surface area contributed by atoms with Crippen LogP contribution in [-0.4, -0.2) is 4.57 Å². The quantitative estimate of drug-likeness (QED) is 0.152. The first kappa shape index (κ1) is 32.3. The van der Waals surface area contributed by atoms with Crippen molar-refractivity contribution in [3.63, 3.8) is 0 Å². The molecule has 2 heteroatoms. The summed E-state index contributed by atoms with van der Waals surface area (Å²) in [5, 5.41) is 2.34. The van der Waals surface area contributed by atoms with Gasteiger partial charge in [-0.25, -0.2) is 0 Å². The lowest BCUT2D eigenvalue weighted by molar-refractivity contribution is 0.792. The molecule has 0 amide bonds. The van der Waals surface area contributed by atoms with Gasteiger partial charge in [-0.15, -0.1) is 0 Å². The Hall–Kier alpha value is -6.64. The second-order valence-corrected chi connectivity index (χ2v) is 13.7. The van der Waals surface area contributed by atoms with E-state index in [1.54, 1.807) is 0 Å². The lowest BCUT2D eigenvalue weighted by Gasteiger charge is -2.31. The van der Waals surface area contributed by atoms with Gasteiger partial charge in [0.25, 0.3) is 0 Å². The van der Waals surface area contributed by atoms with Crippen LogP contribution in [0.1, 0.15) is 36.1 Å². The summed E-state index contributed by atoms with van der Waals surface area (Å²) in [6.45, 7) is 13.4. The average Bonchev–Trinajstić information content (AvgIpc) is 3.81. The van der Waals surface area contributed by atoms with E-state index >= 15 is 0 Å². The second kappa shape index (κ2) is 12.8. The van der Waals surface area contributed by atoms with Gasteiger partial charge in [-0.3, -0.25) is 0 Å². The Balaban J connectivity index is 1.30. The molecule has 0 saturated heterocycles. The van der Waals surface area contributed by atoms with Crippen LogP contribution in [0.15, 0.2) is 212 Å². The van der Waals surface area contributed by atoms with Crippen molar-refractivity contribution in [2.45, 2.75) is 19.3 Å². The van der Waals surface area contributed by atoms with E-state index in [0.29, 0.717) is 0 Å². The molecular weight excluding hydrogens is 641 g/mol. The van der Waals surface area contributed by atoms with Crippen LogP contribution in [0.5, 0.6) is 0 Å². The zero-order valence-corrected chi connectivity index (χ0v) is 30.1. The number of para-hydroxylation sites is 2. The molecule has 2 aliphatic carbocycles. The highest BCUT2D eigenvalue weighted by Crippen LogP contribution is 2.63. The molecule has 6 aromatic carbocycles. The molecule has 1 spiro atoms. The number of hydrogen-bond acceptors (Lipinski definition) is 1. The molecule has 0 atom stereocenters. The van der Waals surface area contributed by atoms with Crippen molar-refractivity contribution >= 4 is 33.1 Å². The molecular formula is C51H40N2. The minimum absolute atomic E-state index is 0.430. The zero-order valence-electron chi connectivity index (χ0n) is 30.1. The van der Waals surface area contributed by atoms with Crippen LogP contribution in [0.2, 0.25) is 0 Å². The summed E-state index contributed by atoms with van der Waals surface area (Å²) >= 11 is 0. The standard InChI is InChI=1S/C51H40N2/c1-5-8-21-36(6-2)52(48-32-20-33-49-50(48)41-27-15-19-31-47(41)53(49)37-22-10-9-11-23-37)35(4)34-42-40-26-14-18-30-46(40)51(43(42)7-3)44-28-16-12-24-38(44)39-25-13-17-29-45(39)51/h5-34H,2,4H2,1,3H3/b8-5-,36-21+,42-34-,43-7+. The van der Waals surface area contributed by atoms with Gasteiger partial charge in [0.1, 0.15) is 0 Å². The number of fused-ring (bicyclic) bond motifs is 10. The topological polar surface area (TPSA) is 8.17 Å². The maximum absolute atomic E-state index is 4.87. The third-order valence-electron chi connectivity index (χ3n) is 11.0. The smallest absolute Gasteiger partial charge is 0.0722 e. The molecule has 0 N–H and O–H groups in total. The van der Waals surface area contributed by atoms with E-state index in [4.69, 9.17) is 6.58 Å². The molecule has 0 saturated carbocycles. The zero-order chi connectivity index (χ0) is 36.1. The SMILES string of the molecule is C=C/C(=C\C=C/C)N(C(=C)/C=C1\C(=C/C)C2(c3ccccc31)c1ccccc1-c1ccccc12)c1cccc2c1c1ccccc1n2-c1ccccc1. The van der Waals surface area contributed by atoms with E-state index in [9.17, 15) is 0 Å². The Morgan fingerprint density at radius 2 is 1.23 bits per heavy atom. The molecule has 1 aromatic heterocycles. The van der Waals surface area contributed by atoms with Gasteiger partial charge in [0.05, 0.1) is 22.1 Å². The maximum Gasteiger partial charge on any atom is 0.0722 e. The first-order chi connectivity index (χ1) is 26.1. The molecule has 0 aliphatic heterocycles.